The highest BCUT2D eigenvalue weighted by atomic mass is 35.7. The Labute approximate surface area is 130 Å². The van der Waals surface area contributed by atoms with Crippen LogP contribution in [0.5, 0.6) is 0 Å². The Kier molecular flexibility index (Phi) is 6.48. The van der Waals surface area contributed by atoms with Crippen LogP contribution in [0.15, 0.2) is 30.3 Å². The smallest absolute Gasteiger partial charge is 0.233 e. The molecule has 0 amide bonds. The fraction of sp³-hybridized carbons (Fsp3) is 0.600. The lowest BCUT2D eigenvalue weighted by Crippen LogP contribution is -2.26. The largest absolute Gasteiger partial charge is 0.378 e. The van der Waals surface area contributed by atoms with Gasteiger partial charge in [-0.25, -0.2) is 8.42 Å². The molecule has 2 atom stereocenters. The number of benzene rings is 1. The third-order valence-electron chi connectivity index (χ3n) is 3.57. The van der Waals surface area contributed by atoms with Gasteiger partial charge in [-0.15, -0.1) is 0 Å². The van der Waals surface area contributed by atoms with Crippen LogP contribution >= 0.6 is 10.7 Å². The first-order valence-corrected chi connectivity index (χ1v) is 9.69. The quantitative estimate of drug-likeness (QED) is 0.720. The molecule has 1 aromatic rings. The summed E-state index contributed by atoms with van der Waals surface area (Å²) in [7, 11) is 1.83. The highest BCUT2D eigenvalue weighted by Gasteiger charge is 2.20. The van der Waals surface area contributed by atoms with Crippen molar-refractivity contribution in [2.75, 3.05) is 25.6 Å². The first kappa shape index (κ1) is 16.7. The van der Waals surface area contributed by atoms with Crippen molar-refractivity contribution in [2.24, 2.45) is 0 Å². The topological polar surface area (TPSA) is 52.6 Å². The Bertz CT molecular complexity index is 512. The zero-order valence-electron chi connectivity index (χ0n) is 11.9. The van der Waals surface area contributed by atoms with Gasteiger partial charge in [0.25, 0.3) is 0 Å². The first-order valence-electron chi connectivity index (χ1n) is 7.21. The van der Waals surface area contributed by atoms with E-state index in [1.165, 1.54) is 0 Å². The van der Waals surface area contributed by atoms with Crippen LogP contribution in [-0.2, 0) is 18.5 Å². The maximum Gasteiger partial charge on any atom is 0.233 e. The highest BCUT2D eigenvalue weighted by Crippen LogP contribution is 2.21. The molecule has 0 radical (unpaired) electrons. The van der Waals surface area contributed by atoms with E-state index in [1.807, 2.05) is 30.3 Å². The van der Waals surface area contributed by atoms with Crippen molar-refractivity contribution in [2.45, 2.75) is 31.3 Å². The van der Waals surface area contributed by atoms with Gasteiger partial charge in [-0.1, -0.05) is 30.3 Å². The molecule has 0 saturated carbocycles. The maximum absolute atomic E-state index is 11.4. The molecule has 4 nitrogen and oxygen atoms in total. The molecule has 6 heteroatoms. The normalized spacial score (nSPS) is 21.1. The second-order valence-electron chi connectivity index (χ2n) is 5.34. The summed E-state index contributed by atoms with van der Waals surface area (Å²) in [5.41, 5.74) is 0.922. The van der Waals surface area contributed by atoms with Crippen LogP contribution in [0, 0.1) is 0 Å². The fourth-order valence-corrected chi connectivity index (χ4v) is 3.71. The predicted molar refractivity (Wildman–Crippen MR) is 83.2 cm³/mol. The molecule has 21 heavy (non-hydrogen) atoms. The first-order chi connectivity index (χ1) is 10.0. The number of rotatable bonds is 7. The Morgan fingerprint density at radius 3 is 2.67 bits per heavy atom. The van der Waals surface area contributed by atoms with Crippen LogP contribution < -0.4 is 0 Å². The summed E-state index contributed by atoms with van der Waals surface area (Å²) >= 11 is 0. The summed E-state index contributed by atoms with van der Waals surface area (Å²) in [6, 6.07) is 9.45. The van der Waals surface area contributed by atoms with Gasteiger partial charge >= 0.3 is 0 Å². The summed E-state index contributed by atoms with van der Waals surface area (Å²) < 4.78 is 34.0. The third-order valence-corrected chi connectivity index (χ3v) is 4.75. The molecule has 1 aliphatic heterocycles. The van der Waals surface area contributed by atoms with E-state index in [9.17, 15) is 8.42 Å². The maximum atomic E-state index is 11.4. The van der Waals surface area contributed by atoms with Gasteiger partial charge in [0.15, 0.2) is 0 Å². The molecule has 1 aromatic carbocycles. The van der Waals surface area contributed by atoms with Crippen molar-refractivity contribution in [3.05, 3.63) is 35.9 Å². The Morgan fingerprint density at radius 1 is 1.29 bits per heavy atom. The molecule has 1 aliphatic rings. The van der Waals surface area contributed by atoms with E-state index in [1.54, 1.807) is 0 Å². The minimum absolute atomic E-state index is 0.121. The predicted octanol–water partition coefficient (Wildman–Crippen LogP) is 2.92. The lowest BCUT2D eigenvalue weighted by atomic mass is 10.0. The van der Waals surface area contributed by atoms with Crippen molar-refractivity contribution in [3.8, 4) is 0 Å². The molecular formula is C15H21ClO4S. The van der Waals surface area contributed by atoms with E-state index in [-0.39, 0.29) is 17.8 Å². The molecule has 0 bridgehead atoms. The van der Waals surface area contributed by atoms with Crippen LogP contribution in [0.25, 0.3) is 0 Å². The van der Waals surface area contributed by atoms with Crippen molar-refractivity contribution >= 4 is 19.7 Å². The standard InChI is InChI=1S/C15H21ClO4S/c16-21(17,18)12-14(13-6-2-1-3-7-13)10-19-11-15-8-4-5-9-20-15/h1-3,6-7,14-15H,4-5,8-12H2. The lowest BCUT2D eigenvalue weighted by molar-refractivity contribution is -0.0423. The minimum atomic E-state index is -3.57. The summed E-state index contributed by atoms with van der Waals surface area (Å²) in [5.74, 6) is -0.373. The van der Waals surface area contributed by atoms with Gasteiger partial charge in [0.1, 0.15) is 0 Å². The van der Waals surface area contributed by atoms with E-state index in [2.05, 4.69) is 0 Å². The van der Waals surface area contributed by atoms with Gasteiger partial charge in [-0.3, -0.25) is 0 Å². The van der Waals surface area contributed by atoms with Gasteiger partial charge in [0, 0.05) is 23.2 Å². The lowest BCUT2D eigenvalue weighted by Gasteiger charge is -2.23. The number of ether oxygens (including phenoxy) is 2. The SMILES string of the molecule is O=S(=O)(Cl)CC(COCC1CCCCO1)c1ccccc1. The van der Waals surface area contributed by atoms with Crippen molar-refractivity contribution in [3.63, 3.8) is 0 Å². The summed E-state index contributed by atoms with van der Waals surface area (Å²) in [6.07, 6.45) is 3.40. The Morgan fingerprint density at radius 2 is 2.05 bits per heavy atom. The van der Waals surface area contributed by atoms with Crippen molar-refractivity contribution in [1.29, 1.82) is 0 Å². The van der Waals surface area contributed by atoms with Gasteiger partial charge in [0.05, 0.1) is 25.1 Å². The second kappa shape index (κ2) is 8.13. The van der Waals surface area contributed by atoms with Gasteiger partial charge < -0.3 is 9.47 Å². The van der Waals surface area contributed by atoms with Crippen LogP contribution in [0.2, 0.25) is 0 Å². The molecule has 0 aromatic heterocycles. The van der Waals surface area contributed by atoms with Crippen LogP contribution in [-0.4, -0.2) is 40.1 Å². The number of hydrogen-bond acceptors (Lipinski definition) is 4. The van der Waals surface area contributed by atoms with Gasteiger partial charge in [-0.05, 0) is 24.8 Å². The van der Waals surface area contributed by atoms with Crippen LogP contribution in [0.4, 0.5) is 0 Å². The molecule has 0 N–H and O–H groups in total. The number of halogens is 1. The van der Waals surface area contributed by atoms with E-state index in [0.717, 1.165) is 31.4 Å². The molecule has 118 valence electrons. The van der Waals surface area contributed by atoms with Crippen molar-refractivity contribution < 1.29 is 17.9 Å². The molecule has 0 aliphatic carbocycles. The average molecular weight is 333 g/mol. The van der Waals surface area contributed by atoms with E-state index < -0.39 is 9.05 Å². The highest BCUT2D eigenvalue weighted by molar-refractivity contribution is 8.13. The van der Waals surface area contributed by atoms with Gasteiger partial charge in [-0.2, -0.15) is 0 Å². The van der Waals surface area contributed by atoms with Crippen LogP contribution in [0.3, 0.4) is 0 Å². The number of hydrogen-bond donors (Lipinski definition) is 0. The van der Waals surface area contributed by atoms with E-state index >= 15 is 0 Å². The zero-order valence-corrected chi connectivity index (χ0v) is 13.5. The summed E-state index contributed by atoms with van der Waals surface area (Å²) in [5, 5.41) is 0. The summed E-state index contributed by atoms with van der Waals surface area (Å²) in [6.45, 7) is 1.62. The molecule has 0 spiro atoms. The minimum Gasteiger partial charge on any atom is -0.378 e. The fourth-order valence-electron chi connectivity index (χ4n) is 2.49. The Balaban J connectivity index is 1.89. The molecule has 2 unspecified atom stereocenters. The monoisotopic (exact) mass is 332 g/mol. The zero-order chi connectivity index (χ0) is 15.1. The molecule has 2 rings (SSSR count). The molecule has 1 fully saturated rings. The van der Waals surface area contributed by atoms with Crippen LogP contribution in [0.1, 0.15) is 30.7 Å². The average Bonchev–Trinajstić information content (AvgIpc) is 2.47. The molecular weight excluding hydrogens is 312 g/mol. The molecule has 1 saturated heterocycles. The van der Waals surface area contributed by atoms with Crippen molar-refractivity contribution in [1.82, 2.24) is 0 Å². The molecule has 1 heterocycles. The second-order valence-corrected chi connectivity index (χ2v) is 8.16. The Hall–Kier alpha value is -0.620. The van der Waals surface area contributed by atoms with E-state index in [4.69, 9.17) is 20.2 Å². The summed E-state index contributed by atoms with van der Waals surface area (Å²) in [4.78, 5) is 0. The van der Waals surface area contributed by atoms with E-state index in [0.29, 0.717) is 13.2 Å². The third kappa shape index (κ3) is 6.34. The van der Waals surface area contributed by atoms with Gasteiger partial charge in [0.2, 0.25) is 9.05 Å².